The second-order valence-electron chi connectivity index (χ2n) is 1.99. The van der Waals surface area contributed by atoms with Crippen molar-refractivity contribution >= 4 is 12.4 Å². The lowest BCUT2D eigenvalue weighted by Gasteiger charge is -2.04. The molecule has 0 aliphatic carbocycles. The van der Waals surface area contributed by atoms with E-state index < -0.39 is 0 Å². The Kier molecular flexibility index (Phi) is 3.31. The summed E-state index contributed by atoms with van der Waals surface area (Å²) in [5.41, 5.74) is 11.0. The average molecular weight is 138 g/mol. The van der Waals surface area contributed by atoms with Gasteiger partial charge in [0.25, 0.3) is 0 Å². The predicted molar refractivity (Wildman–Crippen MR) is 36.1 cm³/mol. The van der Waals surface area contributed by atoms with Gasteiger partial charge in [-0.15, -0.1) is 12.4 Å². The van der Waals surface area contributed by atoms with Crippen LogP contribution in [0.4, 0.5) is 0 Å². The number of halogens is 1. The molecule has 0 amide bonds. The molecular weight excluding hydrogens is 126 g/mol. The molecule has 8 heavy (non-hydrogen) atoms. The highest BCUT2D eigenvalue weighted by Crippen LogP contribution is 1.90. The standard InChI is InChI=1S/C4H11N3.ClH/c5-3-1-7-2-4(3)6;/h3-4,7H,1-2,5-6H2;1H. The lowest BCUT2D eigenvalue weighted by atomic mass is 10.2. The minimum absolute atomic E-state index is 0. The van der Waals surface area contributed by atoms with E-state index in [1.165, 1.54) is 0 Å². The van der Waals surface area contributed by atoms with Crippen LogP contribution in [0.15, 0.2) is 0 Å². The maximum absolute atomic E-state index is 5.49. The van der Waals surface area contributed by atoms with Crippen LogP contribution in [0.1, 0.15) is 0 Å². The quantitative estimate of drug-likeness (QED) is 0.388. The zero-order valence-corrected chi connectivity index (χ0v) is 5.45. The van der Waals surface area contributed by atoms with Crippen molar-refractivity contribution < 1.29 is 0 Å². The van der Waals surface area contributed by atoms with E-state index in [2.05, 4.69) is 5.32 Å². The summed E-state index contributed by atoms with van der Waals surface area (Å²) in [4.78, 5) is 0. The minimum atomic E-state index is 0. The molecule has 0 aromatic heterocycles. The molecule has 0 aromatic rings. The fourth-order valence-corrected chi connectivity index (χ4v) is 0.719. The highest BCUT2D eigenvalue weighted by atomic mass is 35.5. The Balaban J connectivity index is 0.000000490. The summed E-state index contributed by atoms with van der Waals surface area (Å²) >= 11 is 0. The summed E-state index contributed by atoms with van der Waals surface area (Å²) in [7, 11) is 0. The molecule has 1 saturated heterocycles. The third-order valence-electron chi connectivity index (χ3n) is 1.31. The maximum atomic E-state index is 5.49. The van der Waals surface area contributed by atoms with Crippen LogP contribution in [0.3, 0.4) is 0 Å². The zero-order chi connectivity index (χ0) is 5.28. The lowest BCUT2D eigenvalue weighted by Crippen LogP contribution is -2.39. The van der Waals surface area contributed by atoms with Crippen LogP contribution in [0.2, 0.25) is 0 Å². The molecule has 2 atom stereocenters. The van der Waals surface area contributed by atoms with Crippen LogP contribution in [0, 0.1) is 0 Å². The van der Waals surface area contributed by atoms with Crippen molar-refractivity contribution in [2.45, 2.75) is 12.1 Å². The van der Waals surface area contributed by atoms with Gasteiger partial charge in [-0.05, 0) is 0 Å². The van der Waals surface area contributed by atoms with E-state index in [1.807, 2.05) is 0 Å². The first-order chi connectivity index (χ1) is 3.30. The molecule has 2 unspecified atom stereocenters. The molecule has 3 nitrogen and oxygen atoms in total. The second kappa shape index (κ2) is 3.25. The molecule has 0 aromatic carbocycles. The first kappa shape index (κ1) is 8.17. The van der Waals surface area contributed by atoms with Gasteiger partial charge in [0.2, 0.25) is 0 Å². The number of nitrogens with two attached hydrogens (primary N) is 2. The predicted octanol–water partition coefficient (Wildman–Crippen LogP) is -1.33. The molecule has 1 aliphatic rings. The van der Waals surface area contributed by atoms with Crippen molar-refractivity contribution in [3.8, 4) is 0 Å². The Hall–Kier alpha value is 0.170. The van der Waals surface area contributed by atoms with Crippen molar-refractivity contribution in [1.82, 2.24) is 5.32 Å². The Morgan fingerprint density at radius 1 is 1.12 bits per heavy atom. The highest BCUT2D eigenvalue weighted by Gasteiger charge is 2.17. The van der Waals surface area contributed by atoms with E-state index in [9.17, 15) is 0 Å². The van der Waals surface area contributed by atoms with E-state index in [-0.39, 0.29) is 24.5 Å². The van der Waals surface area contributed by atoms with Gasteiger partial charge in [-0.2, -0.15) is 0 Å². The highest BCUT2D eigenvalue weighted by molar-refractivity contribution is 5.85. The third kappa shape index (κ3) is 1.59. The van der Waals surface area contributed by atoms with E-state index in [0.717, 1.165) is 13.1 Å². The van der Waals surface area contributed by atoms with Crippen molar-refractivity contribution in [2.75, 3.05) is 13.1 Å². The van der Waals surface area contributed by atoms with E-state index in [4.69, 9.17) is 11.5 Å². The zero-order valence-electron chi connectivity index (χ0n) is 4.63. The van der Waals surface area contributed by atoms with Crippen LogP contribution in [0.5, 0.6) is 0 Å². The molecule has 4 heteroatoms. The summed E-state index contributed by atoms with van der Waals surface area (Å²) in [6, 6.07) is 0.361. The SMILES string of the molecule is Cl.NC1CNCC1N. The number of hydrogen-bond donors (Lipinski definition) is 3. The molecule has 0 spiro atoms. The van der Waals surface area contributed by atoms with Crippen LogP contribution in [-0.2, 0) is 0 Å². The van der Waals surface area contributed by atoms with Gasteiger partial charge in [-0.25, -0.2) is 0 Å². The Bertz CT molecular complexity index is 60.3. The summed E-state index contributed by atoms with van der Waals surface area (Å²) < 4.78 is 0. The maximum Gasteiger partial charge on any atom is 0.0331 e. The molecule has 0 saturated carbocycles. The van der Waals surface area contributed by atoms with E-state index in [1.54, 1.807) is 0 Å². The molecule has 0 bridgehead atoms. The topological polar surface area (TPSA) is 64.1 Å². The first-order valence-corrected chi connectivity index (χ1v) is 2.52. The normalized spacial score (nSPS) is 36.8. The van der Waals surface area contributed by atoms with Crippen molar-refractivity contribution in [2.24, 2.45) is 11.5 Å². The van der Waals surface area contributed by atoms with Gasteiger partial charge in [0, 0.05) is 25.2 Å². The fourth-order valence-electron chi connectivity index (χ4n) is 0.719. The van der Waals surface area contributed by atoms with E-state index in [0.29, 0.717) is 0 Å². The minimum Gasteiger partial charge on any atom is -0.325 e. The largest absolute Gasteiger partial charge is 0.325 e. The molecule has 1 aliphatic heterocycles. The molecule has 0 radical (unpaired) electrons. The van der Waals surface area contributed by atoms with Gasteiger partial charge in [0.15, 0.2) is 0 Å². The summed E-state index contributed by atoms with van der Waals surface area (Å²) in [6.07, 6.45) is 0. The molecule has 1 fully saturated rings. The van der Waals surface area contributed by atoms with Gasteiger partial charge in [-0.3, -0.25) is 0 Å². The Morgan fingerprint density at radius 2 is 1.50 bits per heavy atom. The van der Waals surface area contributed by atoms with Gasteiger partial charge in [0.05, 0.1) is 0 Å². The van der Waals surface area contributed by atoms with Gasteiger partial charge >= 0.3 is 0 Å². The smallest absolute Gasteiger partial charge is 0.0331 e. The summed E-state index contributed by atoms with van der Waals surface area (Å²) in [6.45, 7) is 1.75. The molecule has 1 rings (SSSR count). The molecular formula is C4H12ClN3. The second-order valence-corrected chi connectivity index (χ2v) is 1.99. The van der Waals surface area contributed by atoms with Crippen molar-refractivity contribution in [3.63, 3.8) is 0 Å². The van der Waals surface area contributed by atoms with Crippen molar-refractivity contribution in [3.05, 3.63) is 0 Å². The average Bonchev–Trinajstić information content (AvgIpc) is 1.91. The van der Waals surface area contributed by atoms with Gasteiger partial charge in [0.1, 0.15) is 0 Å². The van der Waals surface area contributed by atoms with Gasteiger partial charge in [-0.1, -0.05) is 0 Å². The van der Waals surface area contributed by atoms with E-state index >= 15 is 0 Å². The van der Waals surface area contributed by atoms with Crippen LogP contribution in [0.25, 0.3) is 0 Å². The fraction of sp³-hybridized carbons (Fsp3) is 1.00. The third-order valence-corrected chi connectivity index (χ3v) is 1.31. The van der Waals surface area contributed by atoms with Crippen molar-refractivity contribution in [1.29, 1.82) is 0 Å². The Labute approximate surface area is 55.2 Å². The monoisotopic (exact) mass is 137 g/mol. The van der Waals surface area contributed by atoms with Crippen LogP contribution < -0.4 is 16.8 Å². The number of hydrogen-bond acceptors (Lipinski definition) is 3. The van der Waals surface area contributed by atoms with Crippen LogP contribution >= 0.6 is 12.4 Å². The van der Waals surface area contributed by atoms with Gasteiger partial charge < -0.3 is 16.8 Å². The molecule has 5 N–H and O–H groups in total. The lowest BCUT2D eigenvalue weighted by molar-refractivity contribution is 0.642. The first-order valence-electron chi connectivity index (χ1n) is 2.52. The Morgan fingerprint density at radius 3 is 1.62 bits per heavy atom. The summed E-state index contributed by atoms with van der Waals surface area (Å²) in [5, 5.41) is 3.07. The summed E-state index contributed by atoms with van der Waals surface area (Å²) in [5.74, 6) is 0. The molecule has 50 valence electrons. The number of nitrogens with one attached hydrogen (secondary N) is 1. The number of rotatable bonds is 0. The molecule has 1 heterocycles. The van der Waals surface area contributed by atoms with Crippen LogP contribution in [-0.4, -0.2) is 25.2 Å².